The molecule has 0 aromatic carbocycles. The predicted molar refractivity (Wildman–Crippen MR) is 169 cm³/mol. The molecule has 5 rings (SSSR count). The molecule has 0 aromatic heterocycles. The van der Waals surface area contributed by atoms with Crippen LogP contribution in [0.1, 0.15) is 120 Å². The van der Waals surface area contributed by atoms with Crippen LogP contribution in [0.15, 0.2) is 11.6 Å². The van der Waals surface area contributed by atoms with Crippen molar-refractivity contribution in [3.05, 3.63) is 11.6 Å². The van der Waals surface area contributed by atoms with E-state index in [4.69, 9.17) is 9.47 Å². The van der Waals surface area contributed by atoms with Crippen LogP contribution in [0.5, 0.6) is 0 Å². The molecule has 0 radical (unpaired) electrons. The van der Waals surface area contributed by atoms with E-state index in [9.17, 15) is 14.4 Å². The molecule has 0 amide bonds. The van der Waals surface area contributed by atoms with Crippen molar-refractivity contribution in [2.24, 2.45) is 50.2 Å². The van der Waals surface area contributed by atoms with Crippen molar-refractivity contribution in [1.29, 1.82) is 0 Å². The molecule has 6 heteroatoms. The fraction of sp³-hybridized carbons (Fsp3) is 0.865. The minimum absolute atomic E-state index is 0.0500. The number of hydrogen-bond acceptors (Lipinski definition) is 6. The largest absolute Gasteiger partial charge is 0.465 e. The van der Waals surface area contributed by atoms with Gasteiger partial charge < -0.3 is 14.4 Å². The Balaban J connectivity index is 1.46. The lowest BCUT2D eigenvalue weighted by atomic mass is 9.33. The molecule has 242 valence electrons. The van der Waals surface area contributed by atoms with Crippen LogP contribution in [0, 0.1) is 50.2 Å². The number of hydrogen-bond donors (Lipinski definition) is 0. The van der Waals surface area contributed by atoms with Crippen LogP contribution in [-0.4, -0.2) is 56.0 Å². The Morgan fingerprint density at radius 2 is 1.60 bits per heavy atom. The Labute approximate surface area is 261 Å². The maximum absolute atomic E-state index is 14.6. The third-order valence-electron chi connectivity index (χ3n) is 14.3. The van der Waals surface area contributed by atoms with Gasteiger partial charge in [0.15, 0.2) is 5.78 Å². The number of rotatable bonds is 6. The van der Waals surface area contributed by atoms with Gasteiger partial charge in [0.1, 0.15) is 6.10 Å². The smallest absolute Gasteiger partial charge is 0.311 e. The van der Waals surface area contributed by atoms with Gasteiger partial charge in [-0.1, -0.05) is 47.1 Å². The lowest BCUT2D eigenvalue weighted by molar-refractivity contribution is -0.210. The van der Waals surface area contributed by atoms with E-state index in [1.165, 1.54) is 12.5 Å². The highest BCUT2D eigenvalue weighted by atomic mass is 16.5. The van der Waals surface area contributed by atoms with Gasteiger partial charge in [0.2, 0.25) is 0 Å². The number of nitrogens with zero attached hydrogens (tertiary/aromatic N) is 1. The predicted octanol–water partition coefficient (Wildman–Crippen LogP) is 7.39. The minimum Gasteiger partial charge on any atom is -0.465 e. The zero-order valence-electron chi connectivity index (χ0n) is 28.9. The first kappa shape index (κ1) is 32.7. The lowest BCUT2D eigenvalue weighted by Gasteiger charge is -2.70. The second-order valence-corrected chi connectivity index (χ2v) is 17.5. The molecule has 0 N–H and O–H groups in total. The van der Waals surface area contributed by atoms with Gasteiger partial charge in [-0.15, -0.1) is 0 Å². The SMILES string of the molecule is CC(=O)O[C@@H]1CC[C@]2(C)[C@H](CC[C@]3(C)[C@@H]2C(=O)C=C2[C@@H]4C[C@](C)(C(=O)OCCCN(C)C)CC[C@]4(C)CC[C@]23C)C1(C)C. The summed E-state index contributed by atoms with van der Waals surface area (Å²) in [6.07, 6.45) is 11.4. The summed E-state index contributed by atoms with van der Waals surface area (Å²) in [6, 6.07) is 0. The molecule has 0 spiro atoms. The van der Waals surface area contributed by atoms with Gasteiger partial charge in [0.05, 0.1) is 12.0 Å². The third-order valence-corrected chi connectivity index (χ3v) is 14.3. The summed E-state index contributed by atoms with van der Waals surface area (Å²) in [7, 11) is 4.08. The highest BCUT2D eigenvalue weighted by Crippen LogP contribution is 2.75. The number of ether oxygens (including phenoxy) is 2. The molecular formula is C37H59NO5. The van der Waals surface area contributed by atoms with Crippen LogP contribution in [0.4, 0.5) is 0 Å². The average molecular weight is 598 g/mol. The highest BCUT2D eigenvalue weighted by Gasteiger charge is 2.70. The van der Waals surface area contributed by atoms with E-state index < -0.39 is 5.41 Å². The first-order chi connectivity index (χ1) is 19.8. The van der Waals surface area contributed by atoms with E-state index in [1.807, 2.05) is 14.1 Å². The zero-order chi connectivity index (χ0) is 31.8. The molecule has 0 heterocycles. The second kappa shape index (κ2) is 10.7. The van der Waals surface area contributed by atoms with Crippen LogP contribution in [0.2, 0.25) is 0 Å². The standard InChI is InChI=1S/C37H59NO5/c1-24(39)43-29-13-14-35(6)28(32(29,2)3)12-15-37(8)30(35)27(40)22-25-26-23-34(5,31(41)42-21-11-20-38(9)10)17-16-33(26,4)18-19-36(25,37)7/h22,26,28-30H,11-21,23H2,1-10H3/t26-,28+,29+,30+,33+,34+,35+,36+,37+/m0/s1. The van der Waals surface area contributed by atoms with Crippen LogP contribution in [-0.2, 0) is 23.9 Å². The van der Waals surface area contributed by atoms with Crippen molar-refractivity contribution in [2.45, 2.75) is 126 Å². The van der Waals surface area contributed by atoms with Crippen molar-refractivity contribution >= 4 is 17.7 Å². The van der Waals surface area contributed by atoms with Gasteiger partial charge in [-0.3, -0.25) is 14.4 Å². The van der Waals surface area contributed by atoms with Gasteiger partial charge in [-0.25, -0.2) is 0 Å². The summed E-state index contributed by atoms with van der Waals surface area (Å²) in [5.74, 6) is 0.499. The molecule has 0 bridgehead atoms. The maximum atomic E-state index is 14.6. The average Bonchev–Trinajstić information content (AvgIpc) is 2.90. The molecule has 43 heavy (non-hydrogen) atoms. The molecule has 6 nitrogen and oxygen atoms in total. The summed E-state index contributed by atoms with van der Waals surface area (Å²) in [6.45, 7) is 19.2. The van der Waals surface area contributed by atoms with E-state index >= 15 is 0 Å². The summed E-state index contributed by atoms with van der Waals surface area (Å²) in [5, 5.41) is 0. The van der Waals surface area contributed by atoms with Gasteiger partial charge in [0.25, 0.3) is 0 Å². The molecule has 0 saturated heterocycles. The quantitative estimate of drug-likeness (QED) is 0.235. The monoisotopic (exact) mass is 597 g/mol. The Hall–Kier alpha value is -1.69. The van der Waals surface area contributed by atoms with Crippen LogP contribution < -0.4 is 0 Å². The van der Waals surface area contributed by atoms with Crippen molar-refractivity contribution in [3.63, 3.8) is 0 Å². The summed E-state index contributed by atoms with van der Waals surface area (Å²) < 4.78 is 11.7. The third kappa shape index (κ3) is 4.95. The van der Waals surface area contributed by atoms with Gasteiger partial charge in [0, 0.05) is 24.8 Å². The van der Waals surface area contributed by atoms with Gasteiger partial charge >= 0.3 is 11.9 Å². The van der Waals surface area contributed by atoms with E-state index in [0.717, 1.165) is 70.8 Å². The Morgan fingerprint density at radius 3 is 2.26 bits per heavy atom. The van der Waals surface area contributed by atoms with E-state index in [-0.39, 0.29) is 57.0 Å². The molecular weight excluding hydrogens is 538 g/mol. The van der Waals surface area contributed by atoms with E-state index in [1.54, 1.807) is 0 Å². The number of carbonyl (C=O) groups excluding carboxylic acids is 3. The zero-order valence-corrected chi connectivity index (χ0v) is 28.9. The normalized spacial score (nSPS) is 45.2. The number of allylic oxidation sites excluding steroid dienone is 2. The van der Waals surface area contributed by atoms with E-state index in [2.05, 4.69) is 59.4 Å². The summed E-state index contributed by atoms with van der Waals surface area (Å²) in [5.41, 5.74) is 0.337. The first-order valence-corrected chi connectivity index (χ1v) is 17.1. The maximum Gasteiger partial charge on any atom is 0.311 e. The second-order valence-electron chi connectivity index (χ2n) is 17.5. The summed E-state index contributed by atoms with van der Waals surface area (Å²) in [4.78, 5) is 42.2. The van der Waals surface area contributed by atoms with Gasteiger partial charge in [-0.05, 0) is 125 Å². The van der Waals surface area contributed by atoms with Gasteiger partial charge in [-0.2, -0.15) is 0 Å². The molecule has 0 unspecified atom stereocenters. The number of ketones is 1. The Morgan fingerprint density at radius 1 is 0.930 bits per heavy atom. The molecule has 0 aromatic rings. The summed E-state index contributed by atoms with van der Waals surface area (Å²) >= 11 is 0. The van der Waals surface area contributed by atoms with E-state index in [0.29, 0.717) is 18.3 Å². The highest BCUT2D eigenvalue weighted by molar-refractivity contribution is 5.95. The van der Waals surface area contributed by atoms with Crippen LogP contribution >= 0.6 is 0 Å². The number of fused-ring (bicyclic) bond motifs is 7. The molecule has 5 aliphatic carbocycles. The first-order valence-electron chi connectivity index (χ1n) is 17.1. The fourth-order valence-corrected chi connectivity index (χ4v) is 11.5. The number of esters is 2. The number of carbonyl (C=O) groups is 3. The molecule has 5 aliphatic rings. The van der Waals surface area contributed by atoms with Crippen molar-refractivity contribution < 1.29 is 23.9 Å². The topological polar surface area (TPSA) is 72.9 Å². The minimum atomic E-state index is -0.523. The fourth-order valence-electron chi connectivity index (χ4n) is 11.5. The lowest BCUT2D eigenvalue weighted by Crippen LogP contribution is -2.66. The van der Waals surface area contributed by atoms with Crippen molar-refractivity contribution in [1.82, 2.24) is 4.90 Å². The molecule has 0 aliphatic heterocycles. The molecule has 4 saturated carbocycles. The molecule has 4 fully saturated rings. The van der Waals surface area contributed by atoms with Crippen LogP contribution in [0.25, 0.3) is 0 Å². The van der Waals surface area contributed by atoms with Crippen LogP contribution in [0.3, 0.4) is 0 Å². The van der Waals surface area contributed by atoms with Crippen molar-refractivity contribution in [3.8, 4) is 0 Å². The molecule has 9 atom stereocenters. The Bertz CT molecular complexity index is 1190. The van der Waals surface area contributed by atoms with Crippen molar-refractivity contribution in [2.75, 3.05) is 27.2 Å². The Kier molecular flexibility index (Phi) is 8.13.